The molecule has 0 saturated heterocycles. The topological polar surface area (TPSA) is 80.3 Å². The second kappa shape index (κ2) is 5.92. The SMILES string of the molecule is CC(C)(CCO)NC(=O)c1ccc(Cn2cccn2)o1. The molecule has 108 valence electrons. The molecule has 1 amide bonds. The van der Waals surface area contributed by atoms with Crippen LogP contribution in [0.4, 0.5) is 0 Å². The van der Waals surface area contributed by atoms with Gasteiger partial charge in [-0.1, -0.05) is 0 Å². The minimum atomic E-state index is -0.471. The van der Waals surface area contributed by atoms with Crippen molar-refractivity contribution in [2.45, 2.75) is 32.4 Å². The van der Waals surface area contributed by atoms with Crippen LogP contribution in [0.1, 0.15) is 36.6 Å². The lowest BCUT2D eigenvalue weighted by atomic mass is 10.0. The first-order valence-electron chi connectivity index (χ1n) is 6.50. The Morgan fingerprint density at radius 3 is 2.95 bits per heavy atom. The lowest BCUT2D eigenvalue weighted by molar-refractivity contribution is 0.0869. The third-order valence-electron chi connectivity index (χ3n) is 2.95. The van der Waals surface area contributed by atoms with Gasteiger partial charge in [0, 0.05) is 24.5 Å². The fraction of sp³-hybridized carbons (Fsp3) is 0.429. The van der Waals surface area contributed by atoms with Crippen molar-refractivity contribution in [3.8, 4) is 0 Å². The van der Waals surface area contributed by atoms with Gasteiger partial charge in [-0.15, -0.1) is 0 Å². The van der Waals surface area contributed by atoms with Crippen LogP contribution in [-0.4, -0.2) is 32.9 Å². The fourth-order valence-electron chi connectivity index (χ4n) is 1.85. The average Bonchev–Trinajstić information content (AvgIpc) is 3.00. The summed E-state index contributed by atoms with van der Waals surface area (Å²) in [5.41, 5.74) is -0.471. The summed E-state index contributed by atoms with van der Waals surface area (Å²) in [5.74, 6) is 0.646. The summed E-state index contributed by atoms with van der Waals surface area (Å²) >= 11 is 0. The molecular weight excluding hydrogens is 258 g/mol. The summed E-state index contributed by atoms with van der Waals surface area (Å²) in [6.45, 7) is 4.22. The van der Waals surface area contributed by atoms with Crippen molar-refractivity contribution in [1.29, 1.82) is 0 Å². The standard InChI is InChI=1S/C14H19N3O3/c1-14(2,6-9-18)16-13(19)12-5-4-11(20-12)10-17-8-3-7-15-17/h3-5,7-8,18H,6,9-10H2,1-2H3,(H,16,19). The van der Waals surface area contributed by atoms with E-state index in [4.69, 9.17) is 9.52 Å². The van der Waals surface area contributed by atoms with E-state index in [9.17, 15) is 4.79 Å². The van der Waals surface area contributed by atoms with Crippen LogP contribution in [0.5, 0.6) is 0 Å². The lowest BCUT2D eigenvalue weighted by Crippen LogP contribution is -2.43. The number of rotatable bonds is 6. The number of furan rings is 1. The van der Waals surface area contributed by atoms with Crippen molar-refractivity contribution >= 4 is 5.91 Å². The van der Waals surface area contributed by atoms with Crippen LogP contribution < -0.4 is 5.32 Å². The van der Waals surface area contributed by atoms with Crippen molar-refractivity contribution in [3.05, 3.63) is 42.1 Å². The highest BCUT2D eigenvalue weighted by atomic mass is 16.4. The van der Waals surface area contributed by atoms with Crippen LogP contribution in [0.3, 0.4) is 0 Å². The Morgan fingerprint density at radius 1 is 1.50 bits per heavy atom. The van der Waals surface area contributed by atoms with Crippen molar-refractivity contribution < 1.29 is 14.3 Å². The Balaban J connectivity index is 1.99. The van der Waals surface area contributed by atoms with E-state index in [1.807, 2.05) is 26.1 Å². The average molecular weight is 277 g/mol. The second-order valence-electron chi connectivity index (χ2n) is 5.28. The first-order valence-corrected chi connectivity index (χ1v) is 6.50. The maximum Gasteiger partial charge on any atom is 0.287 e. The zero-order valence-electron chi connectivity index (χ0n) is 11.7. The predicted molar refractivity (Wildman–Crippen MR) is 73.3 cm³/mol. The van der Waals surface area contributed by atoms with Gasteiger partial charge in [0.05, 0.1) is 6.54 Å². The summed E-state index contributed by atoms with van der Waals surface area (Å²) in [6.07, 6.45) is 4.00. The summed E-state index contributed by atoms with van der Waals surface area (Å²) in [6, 6.07) is 5.23. The molecule has 2 rings (SSSR count). The number of aromatic nitrogens is 2. The molecule has 2 aromatic heterocycles. The molecule has 0 saturated carbocycles. The van der Waals surface area contributed by atoms with E-state index < -0.39 is 5.54 Å². The monoisotopic (exact) mass is 277 g/mol. The summed E-state index contributed by atoms with van der Waals surface area (Å²) in [5, 5.41) is 15.9. The molecule has 2 heterocycles. The number of hydrogen-bond donors (Lipinski definition) is 2. The number of carbonyl (C=O) groups excluding carboxylic acids is 1. The van der Waals surface area contributed by atoms with Gasteiger partial charge in [0.15, 0.2) is 5.76 Å². The smallest absolute Gasteiger partial charge is 0.287 e. The number of nitrogens with zero attached hydrogens (tertiary/aromatic N) is 2. The number of nitrogens with one attached hydrogen (secondary N) is 1. The molecule has 2 N–H and O–H groups in total. The number of aliphatic hydroxyl groups is 1. The van der Waals surface area contributed by atoms with Crippen LogP contribution in [0.15, 0.2) is 35.0 Å². The third-order valence-corrected chi connectivity index (χ3v) is 2.95. The van der Waals surface area contributed by atoms with E-state index in [1.54, 1.807) is 23.0 Å². The first kappa shape index (κ1) is 14.3. The van der Waals surface area contributed by atoms with Gasteiger partial charge < -0.3 is 14.8 Å². The molecule has 0 aliphatic heterocycles. The maximum atomic E-state index is 12.0. The van der Waals surface area contributed by atoms with Gasteiger partial charge in [-0.3, -0.25) is 9.48 Å². The number of aliphatic hydroxyl groups excluding tert-OH is 1. The quantitative estimate of drug-likeness (QED) is 0.836. The van der Waals surface area contributed by atoms with Gasteiger partial charge >= 0.3 is 0 Å². The molecule has 0 fully saturated rings. The largest absolute Gasteiger partial charge is 0.454 e. The minimum Gasteiger partial charge on any atom is -0.454 e. The van der Waals surface area contributed by atoms with E-state index in [0.717, 1.165) is 0 Å². The highest BCUT2D eigenvalue weighted by molar-refractivity contribution is 5.91. The van der Waals surface area contributed by atoms with Crippen molar-refractivity contribution in [2.75, 3.05) is 6.61 Å². The Morgan fingerprint density at radius 2 is 2.30 bits per heavy atom. The Bertz CT molecular complexity index is 558. The zero-order chi connectivity index (χ0) is 14.6. The van der Waals surface area contributed by atoms with Crippen molar-refractivity contribution in [3.63, 3.8) is 0 Å². The van der Waals surface area contributed by atoms with Crippen LogP contribution in [0.25, 0.3) is 0 Å². The van der Waals surface area contributed by atoms with Gasteiger partial charge in [-0.25, -0.2) is 0 Å². The number of amides is 1. The van der Waals surface area contributed by atoms with Crippen LogP contribution in [0.2, 0.25) is 0 Å². The van der Waals surface area contributed by atoms with E-state index in [1.165, 1.54) is 0 Å². The van der Waals surface area contributed by atoms with Crippen LogP contribution in [-0.2, 0) is 6.54 Å². The third kappa shape index (κ3) is 3.71. The maximum absolute atomic E-state index is 12.0. The zero-order valence-corrected chi connectivity index (χ0v) is 11.7. The fourth-order valence-corrected chi connectivity index (χ4v) is 1.85. The molecule has 0 aliphatic rings. The Hall–Kier alpha value is -2.08. The summed E-state index contributed by atoms with van der Waals surface area (Å²) in [7, 11) is 0. The van der Waals surface area contributed by atoms with Gasteiger partial charge in [0.1, 0.15) is 5.76 Å². The van der Waals surface area contributed by atoms with Gasteiger partial charge in [0.25, 0.3) is 5.91 Å². The van der Waals surface area contributed by atoms with E-state index in [0.29, 0.717) is 18.7 Å². The van der Waals surface area contributed by atoms with Gasteiger partial charge in [0.2, 0.25) is 0 Å². The molecule has 6 nitrogen and oxygen atoms in total. The first-order chi connectivity index (χ1) is 9.50. The van der Waals surface area contributed by atoms with Gasteiger partial charge in [-0.05, 0) is 38.5 Å². The molecule has 0 bridgehead atoms. The molecule has 0 radical (unpaired) electrons. The molecule has 6 heteroatoms. The Labute approximate surface area is 117 Å². The summed E-state index contributed by atoms with van der Waals surface area (Å²) in [4.78, 5) is 12.0. The lowest BCUT2D eigenvalue weighted by Gasteiger charge is -2.24. The molecule has 2 aromatic rings. The van der Waals surface area contributed by atoms with Crippen molar-refractivity contribution in [2.24, 2.45) is 0 Å². The highest BCUT2D eigenvalue weighted by Crippen LogP contribution is 2.13. The summed E-state index contributed by atoms with van der Waals surface area (Å²) < 4.78 is 7.23. The van der Waals surface area contributed by atoms with Crippen molar-refractivity contribution in [1.82, 2.24) is 15.1 Å². The number of hydrogen-bond acceptors (Lipinski definition) is 4. The highest BCUT2D eigenvalue weighted by Gasteiger charge is 2.22. The van der Waals surface area contributed by atoms with Crippen LogP contribution >= 0.6 is 0 Å². The molecule has 0 atom stereocenters. The molecule has 0 aromatic carbocycles. The van der Waals surface area contributed by atoms with E-state index in [2.05, 4.69) is 10.4 Å². The predicted octanol–water partition coefficient (Wildman–Crippen LogP) is 1.42. The van der Waals surface area contributed by atoms with Gasteiger partial charge in [-0.2, -0.15) is 5.10 Å². The normalized spacial score (nSPS) is 11.6. The molecule has 0 aliphatic carbocycles. The Kier molecular flexibility index (Phi) is 4.24. The minimum absolute atomic E-state index is 0.0238. The van der Waals surface area contributed by atoms with E-state index in [-0.39, 0.29) is 18.3 Å². The molecule has 0 unspecified atom stereocenters. The van der Waals surface area contributed by atoms with E-state index >= 15 is 0 Å². The molecular formula is C14H19N3O3. The second-order valence-corrected chi connectivity index (χ2v) is 5.28. The van der Waals surface area contributed by atoms with Crippen LogP contribution in [0, 0.1) is 0 Å². The number of carbonyl (C=O) groups is 1. The molecule has 0 spiro atoms. The molecule has 20 heavy (non-hydrogen) atoms.